The molecule has 10 nitrogen and oxygen atoms in total. The van der Waals surface area contributed by atoms with Crippen LogP contribution in [0.15, 0.2) is 141 Å². The molecule has 3 N–H and O–H groups in total. The summed E-state index contributed by atoms with van der Waals surface area (Å²) in [6.45, 7) is 7.07. The van der Waals surface area contributed by atoms with Crippen LogP contribution in [0.3, 0.4) is 0 Å². The van der Waals surface area contributed by atoms with Crippen molar-refractivity contribution in [3.63, 3.8) is 0 Å². The number of hydrogen-bond acceptors (Lipinski definition) is 8. The maximum absolute atomic E-state index is 13.6. The van der Waals surface area contributed by atoms with Gasteiger partial charge in [-0.05, 0) is 60.1 Å². The molecule has 55 heavy (non-hydrogen) atoms. The Labute approximate surface area is 323 Å². The normalized spacial score (nSPS) is 12.9. The van der Waals surface area contributed by atoms with E-state index in [0.29, 0.717) is 31.6 Å². The number of hydrogen-bond donors (Lipinski definition) is 3. The van der Waals surface area contributed by atoms with Crippen LogP contribution in [0.25, 0.3) is 0 Å². The Morgan fingerprint density at radius 2 is 1.16 bits per heavy atom. The average Bonchev–Trinajstić information content (AvgIpc) is 3.21. The lowest BCUT2D eigenvalue weighted by Crippen LogP contribution is -2.48. The van der Waals surface area contributed by atoms with Crippen LogP contribution in [0.5, 0.6) is 5.75 Å². The van der Waals surface area contributed by atoms with Gasteiger partial charge in [0.25, 0.3) is 0 Å². The van der Waals surface area contributed by atoms with E-state index in [1.165, 1.54) is 6.08 Å². The number of nitrogens with one attached hydrogen (secondary N) is 2. The summed E-state index contributed by atoms with van der Waals surface area (Å²) in [6.07, 6.45) is 4.12. The van der Waals surface area contributed by atoms with Gasteiger partial charge < -0.3 is 30.0 Å². The zero-order valence-corrected chi connectivity index (χ0v) is 31.0. The Kier molecular flexibility index (Phi) is 17.4. The molecular weight excluding hydrogens is 697 g/mol. The zero-order chi connectivity index (χ0) is 39.3. The number of aliphatic hydroxyl groups is 1. The molecule has 0 spiro atoms. The molecule has 0 radical (unpaired) electrons. The molecule has 4 rings (SSSR count). The molecule has 0 saturated carbocycles. The van der Waals surface area contributed by atoms with E-state index in [1.807, 2.05) is 103 Å². The van der Waals surface area contributed by atoms with Crippen LogP contribution >= 0.6 is 0 Å². The van der Waals surface area contributed by atoms with Gasteiger partial charge in [0.05, 0.1) is 24.5 Å². The van der Waals surface area contributed by atoms with Crippen LogP contribution in [-0.2, 0) is 54.7 Å². The first-order chi connectivity index (χ1) is 26.8. The lowest BCUT2D eigenvalue weighted by molar-refractivity contribution is -0.157. The largest absolute Gasteiger partial charge is 0.489 e. The first-order valence-electron chi connectivity index (χ1n) is 18.4. The van der Waals surface area contributed by atoms with Crippen molar-refractivity contribution in [2.45, 2.75) is 57.4 Å². The number of rotatable bonds is 23. The molecule has 2 amide bonds. The van der Waals surface area contributed by atoms with Gasteiger partial charge in [-0.25, -0.2) is 4.79 Å². The predicted octanol–water partition coefficient (Wildman–Crippen LogP) is 6.07. The van der Waals surface area contributed by atoms with Crippen LogP contribution < -0.4 is 15.4 Å². The van der Waals surface area contributed by atoms with E-state index in [9.17, 15) is 24.3 Å². The van der Waals surface area contributed by atoms with Gasteiger partial charge in [0.2, 0.25) is 11.8 Å². The fourth-order valence-corrected chi connectivity index (χ4v) is 5.84. The van der Waals surface area contributed by atoms with Crippen LogP contribution in [0, 0.1) is 11.8 Å². The minimum Gasteiger partial charge on any atom is -0.489 e. The third-order valence-electron chi connectivity index (χ3n) is 8.82. The maximum Gasteiger partial charge on any atom is 0.332 e. The van der Waals surface area contributed by atoms with Gasteiger partial charge in [-0.1, -0.05) is 115 Å². The fraction of sp³-hybridized carbons (Fsp3) is 0.289. The number of carbonyl (C=O) groups excluding carboxylic acids is 4. The highest BCUT2D eigenvalue weighted by Crippen LogP contribution is 2.18. The van der Waals surface area contributed by atoms with E-state index < -0.39 is 54.3 Å². The van der Waals surface area contributed by atoms with Gasteiger partial charge in [-0.2, -0.15) is 0 Å². The second-order valence-corrected chi connectivity index (χ2v) is 13.2. The third-order valence-corrected chi connectivity index (χ3v) is 8.82. The second kappa shape index (κ2) is 22.9. The van der Waals surface area contributed by atoms with E-state index in [0.717, 1.165) is 22.3 Å². The van der Waals surface area contributed by atoms with Crippen molar-refractivity contribution in [2.75, 3.05) is 13.2 Å². The summed E-state index contributed by atoms with van der Waals surface area (Å²) in [4.78, 5) is 53.5. The molecule has 4 aromatic rings. The van der Waals surface area contributed by atoms with Crippen LogP contribution in [0.4, 0.5) is 0 Å². The van der Waals surface area contributed by atoms with Gasteiger partial charge in [0, 0.05) is 6.42 Å². The number of allylic oxidation sites excluding steroid dienone is 2. The zero-order valence-electron chi connectivity index (χ0n) is 31.0. The van der Waals surface area contributed by atoms with Crippen LogP contribution in [0.2, 0.25) is 0 Å². The number of benzene rings is 4. The van der Waals surface area contributed by atoms with Gasteiger partial charge >= 0.3 is 11.9 Å². The van der Waals surface area contributed by atoms with Crippen molar-refractivity contribution in [1.82, 2.24) is 10.6 Å². The van der Waals surface area contributed by atoms with E-state index >= 15 is 0 Å². The molecule has 0 heterocycles. The molecule has 0 aliphatic carbocycles. The summed E-state index contributed by atoms with van der Waals surface area (Å²) < 4.78 is 17.0. The lowest BCUT2D eigenvalue weighted by atomic mass is 9.96. The molecule has 0 unspecified atom stereocenters. The number of esters is 2. The molecule has 4 aromatic carbocycles. The van der Waals surface area contributed by atoms with Gasteiger partial charge in [-0.15, -0.1) is 13.2 Å². The SMILES string of the molecule is C=CC[C@@H](CC(=O)N[C@H](CO)Cc1ccc(OCc2ccccc2)cc1)C(=O)N[C@H](COC(=O)[C@H](CC=C)Cc1ccccc1)C(=O)OCc1ccccc1. The quantitative estimate of drug-likeness (QED) is 0.0614. The van der Waals surface area contributed by atoms with E-state index in [1.54, 1.807) is 18.2 Å². The smallest absolute Gasteiger partial charge is 0.332 e. The highest BCUT2D eigenvalue weighted by Gasteiger charge is 2.30. The van der Waals surface area contributed by atoms with Crippen LogP contribution in [-0.4, -0.2) is 54.2 Å². The summed E-state index contributed by atoms with van der Waals surface area (Å²) in [6, 6.07) is 33.8. The molecule has 0 aliphatic rings. The number of carbonyl (C=O) groups is 4. The first-order valence-corrected chi connectivity index (χ1v) is 18.4. The topological polar surface area (TPSA) is 140 Å². The standard InChI is InChI=1S/C45H50N2O8/c1-3-14-37(28-42(49)46-39(29-48)27-34-22-24-40(25-23-34)53-30-35-18-10-6-11-19-35)43(50)47-41(45(52)54-31-36-20-12-7-13-21-36)32-55-44(51)38(15-4-2)26-33-16-8-5-9-17-33/h3-13,16-25,37-39,41,48H,1-2,14-15,26-32H2,(H,46,49)(H,47,50)/t37-,38+,39-,41+/m0/s1. The molecule has 0 aliphatic heterocycles. The number of aliphatic hydroxyl groups excluding tert-OH is 1. The molecule has 0 aromatic heterocycles. The summed E-state index contributed by atoms with van der Waals surface area (Å²) in [7, 11) is 0. The minimum atomic E-state index is -1.35. The van der Waals surface area contributed by atoms with Gasteiger partial charge in [0.15, 0.2) is 6.04 Å². The lowest BCUT2D eigenvalue weighted by Gasteiger charge is -2.23. The predicted molar refractivity (Wildman–Crippen MR) is 210 cm³/mol. The average molecular weight is 747 g/mol. The highest BCUT2D eigenvalue weighted by molar-refractivity contribution is 5.89. The Bertz CT molecular complexity index is 1800. The van der Waals surface area contributed by atoms with Crippen molar-refractivity contribution >= 4 is 23.8 Å². The summed E-state index contributed by atoms with van der Waals surface area (Å²) in [5.74, 6) is -3.21. The molecule has 0 saturated heterocycles. The van der Waals surface area contributed by atoms with Crippen molar-refractivity contribution in [3.8, 4) is 5.75 Å². The highest BCUT2D eigenvalue weighted by atomic mass is 16.6. The van der Waals surface area contributed by atoms with Crippen molar-refractivity contribution in [2.24, 2.45) is 11.8 Å². The molecule has 288 valence electrons. The Morgan fingerprint density at radius 1 is 0.618 bits per heavy atom. The third kappa shape index (κ3) is 14.7. The Balaban J connectivity index is 1.36. The Hall–Kier alpha value is -6.00. The van der Waals surface area contributed by atoms with Crippen molar-refractivity contribution < 1.29 is 38.5 Å². The second-order valence-electron chi connectivity index (χ2n) is 13.2. The number of ether oxygens (including phenoxy) is 3. The Morgan fingerprint density at radius 3 is 1.75 bits per heavy atom. The molecule has 0 fully saturated rings. The summed E-state index contributed by atoms with van der Waals surface area (Å²) in [5, 5.41) is 15.6. The number of amides is 2. The van der Waals surface area contributed by atoms with E-state index in [2.05, 4.69) is 23.8 Å². The summed E-state index contributed by atoms with van der Waals surface area (Å²) >= 11 is 0. The van der Waals surface area contributed by atoms with E-state index in [4.69, 9.17) is 14.2 Å². The van der Waals surface area contributed by atoms with Crippen LogP contribution in [0.1, 0.15) is 41.5 Å². The molecule has 4 atom stereocenters. The summed E-state index contributed by atoms with van der Waals surface area (Å²) in [5.41, 5.74) is 3.59. The monoisotopic (exact) mass is 746 g/mol. The molecular formula is C45H50N2O8. The van der Waals surface area contributed by atoms with Crippen molar-refractivity contribution in [1.29, 1.82) is 0 Å². The van der Waals surface area contributed by atoms with Gasteiger partial charge in [-0.3, -0.25) is 14.4 Å². The van der Waals surface area contributed by atoms with E-state index in [-0.39, 0.29) is 26.1 Å². The molecule has 10 heteroatoms. The maximum atomic E-state index is 13.6. The van der Waals surface area contributed by atoms with Gasteiger partial charge in [0.1, 0.15) is 25.6 Å². The minimum absolute atomic E-state index is 0.0580. The molecule has 0 bridgehead atoms. The van der Waals surface area contributed by atoms with Crippen molar-refractivity contribution in [3.05, 3.63) is 163 Å². The first kappa shape index (κ1) is 41.8. The fourth-order valence-electron chi connectivity index (χ4n) is 5.84.